The molecule has 3 N–H and O–H groups in total. The van der Waals surface area contributed by atoms with Crippen LogP contribution in [0.15, 0.2) is 0 Å². The maximum Gasteiger partial charge on any atom is 0.303 e. The number of carboxylic acid groups (broad SMARTS) is 1. The first-order chi connectivity index (χ1) is 4.27. The summed E-state index contributed by atoms with van der Waals surface area (Å²) < 4.78 is 0. The van der Waals surface area contributed by atoms with E-state index in [1.54, 1.807) is 0 Å². The van der Waals surface area contributed by atoms with Crippen LogP contribution in [-0.2, 0) is 4.79 Å². The highest BCUT2D eigenvalue weighted by Crippen LogP contribution is 1.97. The molecule has 0 aromatic carbocycles. The molecule has 0 radical (unpaired) electrons. The van der Waals surface area contributed by atoms with Crippen molar-refractivity contribution in [2.75, 3.05) is 6.54 Å². The molecule has 0 spiro atoms. The van der Waals surface area contributed by atoms with Gasteiger partial charge in [-0.3, -0.25) is 4.79 Å². The van der Waals surface area contributed by atoms with E-state index in [1.165, 1.54) is 0 Å². The van der Waals surface area contributed by atoms with Crippen LogP contribution in [0.5, 0.6) is 0 Å². The molecule has 6 heteroatoms. The van der Waals surface area contributed by atoms with E-state index in [-0.39, 0.29) is 43.6 Å². The number of halogens is 3. The Morgan fingerprint density at radius 1 is 1.08 bits per heavy atom. The van der Waals surface area contributed by atoms with Gasteiger partial charge < -0.3 is 10.8 Å². The number of rotatable bonds is 5. The standard InChI is InChI=1S/C6H13NO2.3ClH/c7-5-3-1-2-4-6(8)9;;;/h1-5,7H2,(H,8,9);3*1H. The van der Waals surface area contributed by atoms with Crippen molar-refractivity contribution in [1.82, 2.24) is 0 Å². The van der Waals surface area contributed by atoms with Crippen molar-refractivity contribution in [3.8, 4) is 0 Å². The highest BCUT2D eigenvalue weighted by atomic mass is 35.5. The van der Waals surface area contributed by atoms with Crippen LogP contribution in [-0.4, -0.2) is 17.6 Å². The number of carbonyl (C=O) groups is 1. The Hall–Kier alpha value is 0.300. The molecule has 0 fully saturated rings. The first kappa shape index (κ1) is 22.8. The normalized spacial score (nSPS) is 7.08. The highest BCUT2D eigenvalue weighted by molar-refractivity contribution is 5.86. The molecule has 78 valence electrons. The molecule has 0 atom stereocenters. The molecule has 0 rings (SSSR count). The van der Waals surface area contributed by atoms with Gasteiger partial charge in [-0.1, -0.05) is 6.42 Å². The zero-order valence-corrected chi connectivity index (χ0v) is 9.14. The van der Waals surface area contributed by atoms with E-state index < -0.39 is 5.97 Å². The van der Waals surface area contributed by atoms with E-state index >= 15 is 0 Å². The Kier molecular flexibility index (Phi) is 33.1. The summed E-state index contributed by atoms with van der Waals surface area (Å²) in [5.74, 6) is -0.716. The molecular weight excluding hydrogens is 224 g/mol. The maximum absolute atomic E-state index is 9.93. The average molecular weight is 241 g/mol. The molecule has 0 saturated heterocycles. The van der Waals surface area contributed by atoms with Crippen LogP contribution in [0.1, 0.15) is 25.7 Å². The van der Waals surface area contributed by atoms with Gasteiger partial charge in [-0.25, -0.2) is 0 Å². The molecule has 0 saturated carbocycles. The molecule has 0 aromatic heterocycles. The molecule has 0 aromatic rings. The number of hydrogen-bond donors (Lipinski definition) is 2. The monoisotopic (exact) mass is 239 g/mol. The lowest BCUT2D eigenvalue weighted by Crippen LogP contribution is -1.99. The van der Waals surface area contributed by atoms with Crippen molar-refractivity contribution < 1.29 is 9.90 Å². The summed E-state index contributed by atoms with van der Waals surface area (Å²) in [6, 6.07) is 0. The van der Waals surface area contributed by atoms with Gasteiger partial charge in [-0.15, -0.1) is 37.2 Å². The molecule has 0 bridgehead atoms. The van der Waals surface area contributed by atoms with Crippen LogP contribution in [0.4, 0.5) is 0 Å². The van der Waals surface area contributed by atoms with Gasteiger partial charge in [0.2, 0.25) is 0 Å². The smallest absolute Gasteiger partial charge is 0.303 e. The van der Waals surface area contributed by atoms with Gasteiger partial charge in [0.25, 0.3) is 0 Å². The van der Waals surface area contributed by atoms with E-state index in [0.717, 1.165) is 19.3 Å². The molecule has 0 unspecified atom stereocenters. The lowest BCUT2D eigenvalue weighted by Gasteiger charge is -1.93. The number of unbranched alkanes of at least 4 members (excludes halogenated alkanes) is 2. The van der Waals surface area contributed by atoms with Crippen LogP contribution in [0.2, 0.25) is 0 Å². The first-order valence-corrected chi connectivity index (χ1v) is 3.19. The van der Waals surface area contributed by atoms with Crippen molar-refractivity contribution in [2.45, 2.75) is 25.7 Å². The molecule has 3 nitrogen and oxygen atoms in total. The lowest BCUT2D eigenvalue weighted by molar-refractivity contribution is -0.137. The largest absolute Gasteiger partial charge is 0.481 e. The van der Waals surface area contributed by atoms with Gasteiger partial charge in [-0.2, -0.15) is 0 Å². The zero-order chi connectivity index (χ0) is 7.11. The van der Waals surface area contributed by atoms with E-state index in [1.807, 2.05) is 0 Å². The average Bonchev–Trinajstić information content (AvgIpc) is 1.80. The Bertz CT molecular complexity index is 92.9. The van der Waals surface area contributed by atoms with Crippen molar-refractivity contribution in [1.29, 1.82) is 0 Å². The molecular formula is C6H16Cl3NO2. The fourth-order valence-corrected chi connectivity index (χ4v) is 0.597. The number of nitrogens with two attached hydrogens (primary N) is 1. The number of aliphatic carboxylic acids is 1. The zero-order valence-electron chi connectivity index (χ0n) is 6.69. The van der Waals surface area contributed by atoms with Crippen molar-refractivity contribution in [2.24, 2.45) is 5.73 Å². The third-order valence-electron chi connectivity index (χ3n) is 1.09. The Balaban J connectivity index is -0.000000107. The van der Waals surface area contributed by atoms with Crippen LogP contribution >= 0.6 is 37.2 Å². The van der Waals surface area contributed by atoms with Gasteiger partial charge in [0.15, 0.2) is 0 Å². The predicted molar refractivity (Wildman–Crippen MR) is 56.9 cm³/mol. The van der Waals surface area contributed by atoms with Crippen molar-refractivity contribution in [3.63, 3.8) is 0 Å². The summed E-state index contributed by atoms with van der Waals surface area (Å²) in [6.45, 7) is 0.666. The summed E-state index contributed by atoms with van der Waals surface area (Å²) in [4.78, 5) is 9.93. The van der Waals surface area contributed by atoms with Gasteiger partial charge >= 0.3 is 5.97 Å². The van der Waals surface area contributed by atoms with Crippen LogP contribution in [0.3, 0.4) is 0 Å². The SMILES string of the molecule is Cl.Cl.Cl.NCCCCCC(=O)O. The summed E-state index contributed by atoms with van der Waals surface area (Å²) in [6.07, 6.45) is 2.91. The summed E-state index contributed by atoms with van der Waals surface area (Å²) in [5.41, 5.74) is 5.20. The number of carboxylic acids is 1. The van der Waals surface area contributed by atoms with Gasteiger partial charge in [0.05, 0.1) is 0 Å². The van der Waals surface area contributed by atoms with E-state index in [2.05, 4.69) is 0 Å². The Morgan fingerprint density at radius 2 is 1.58 bits per heavy atom. The lowest BCUT2D eigenvalue weighted by atomic mass is 10.2. The second-order valence-corrected chi connectivity index (χ2v) is 1.99. The third-order valence-corrected chi connectivity index (χ3v) is 1.09. The van der Waals surface area contributed by atoms with Crippen molar-refractivity contribution >= 4 is 43.2 Å². The van der Waals surface area contributed by atoms with Crippen molar-refractivity contribution in [3.05, 3.63) is 0 Å². The minimum Gasteiger partial charge on any atom is -0.481 e. The van der Waals surface area contributed by atoms with Crippen LogP contribution in [0, 0.1) is 0 Å². The molecule has 0 heterocycles. The molecule has 0 amide bonds. The highest BCUT2D eigenvalue weighted by Gasteiger charge is 1.94. The van der Waals surface area contributed by atoms with E-state index in [0.29, 0.717) is 6.54 Å². The summed E-state index contributed by atoms with van der Waals surface area (Å²) >= 11 is 0. The Morgan fingerprint density at radius 3 is 1.92 bits per heavy atom. The molecule has 0 aliphatic carbocycles. The minimum absolute atomic E-state index is 0. The molecule has 12 heavy (non-hydrogen) atoms. The summed E-state index contributed by atoms with van der Waals surface area (Å²) in [7, 11) is 0. The van der Waals surface area contributed by atoms with Gasteiger partial charge in [0, 0.05) is 6.42 Å². The summed E-state index contributed by atoms with van der Waals surface area (Å²) in [5, 5.41) is 8.18. The fourth-order valence-electron chi connectivity index (χ4n) is 0.597. The maximum atomic E-state index is 9.93. The second-order valence-electron chi connectivity index (χ2n) is 1.99. The first-order valence-electron chi connectivity index (χ1n) is 3.19. The second kappa shape index (κ2) is 17.4. The van der Waals surface area contributed by atoms with E-state index in [4.69, 9.17) is 10.8 Å². The third kappa shape index (κ3) is 22.4. The van der Waals surface area contributed by atoms with Crippen LogP contribution in [0.25, 0.3) is 0 Å². The molecule has 0 aliphatic heterocycles. The van der Waals surface area contributed by atoms with Gasteiger partial charge in [0.1, 0.15) is 0 Å². The number of hydrogen-bond acceptors (Lipinski definition) is 2. The molecule has 0 aliphatic rings. The topological polar surface area (TPSA) is 63.3 Å². The predicted octanol–water partition coefficient (Wildman–Crippen LogP) is 1.86. The van der Waals surface area contributed by atoms with Gasteiger partial charge in [-0.05, 0) is 19.4 Å². The minimum atomic E-state index is -0.716. The van der Waals surface area contributed by atoms with Crippen LogP contribution < -0.4 is 5.73 Å². The van der Waals surface area contributed by atoms with E-state index in [9.17, 15) is 4.79 Å². The fraction of sp³-hybridized carbons (Fsp3) is 0.833. The quantitative estimate of drug-likeness (QED) is 0.721. The Labute approximate surface area is 91.3 Å².